The topological polar surface area (TPSA) is 92.4 Å². The summed E-state index contributed by atoms with van der Waals surface area (Å²) in [5.41, 5.74) is 1.16. The molecule has 2 N–H and O–H groups in total. The SMILES string of the molecule is C[C@@H](NC(=O)c1cn(CCN2CCNCC2)nn1)c1cn2ccsc2n1. The van der Waals surface area contributed by atoms with Crippen LogP contribution in [-0.2, 0) is 6.54 Å². The summed E-state index contributed by atoms with van der Waals surface area (Å²) in [6, 6.07) is -0.194. The van der Waals surface area contributed by atoms with E-state index >= 15 is 0 Å². The zero-order valence-electron chi connectivity index (χ0n) is 14.6. The van der Waals surface area contributed by atoms with Crippen LogP contribution in [0, 0.1) is 0 Å². The lowest BCUT2D eigenvalue weighted by Gasteiger charge is -2.26. The van der Waals surface area contributed by atoms with Gasteiger partial charge in [-0.05, 0) is 6.92 Å². The number of hydrogen-bond acceptors (Lipinski definition) is 7. The third kappa shape index (κ3) is 3.76. The van der Waals surface area contributed by atoms with Crippen LogP contribution in [0.3, 0.4) is 0 Å². The minimum atomic E-state index is -0.234. The summed E-state index contributed by atoms with van der Waals surface area (Å²) in [6.45, 7) is 7.69. The summed E-state index contributed by atoms with van der Waals surface area (Å²) in [5, 5.41) is 16.3. The molecule has 0 saturated carbocycles. The second-order valence-electron chi connectivity index (χ2n) is 6.41. The molecule has 3 aromatic heterocycles. The number of carbonyl (C=O) groups excluding carboxylic acids is 1. The molecular formula is C16H22N8OS. The van der Waals surface area contributed by atoms with Crippen molar-refractivity contribution in [1.82, 2.24) is 39.9 Å². The van der Waals surface area contributed by atoms with Crippen LogP contribution in [0.25, 0.3) is 4.96 Å². The van der Waals surface area contributed by atoms with Gasteiger partial charge in [0.05, 0.1) is 24.5 Å². The van der Waals surface area contributed by atoms with Crippen LogP contribution in [0.1, 0.15) is 29.1 Å². The number of hydrogen-bond donors (Lipinski definition) is 2. The van der Waals surface area contributed by atoms with E-state index in [1.807, 2.05) is 29.1 Å². The molecule has 138 valence electrons. The Balaban J connectivity index is 1.32. The molecule has 0 bridgehead atoms. The van der Waals surface area contributed by atoms with Crippen LogP contribution in [-0.4, -0.2) is 67.9 Å². The van der Waals surface area contributed by atoms with E-state index in [-0.39, 0.29) is 11.9 Å². The van der Waals surface area contributed by atoms with Crippen LogP contribution >= 0.6 is 11.3 Å². The quantitative estimate of drug-likeness (QED) is 0.648. The number of nitrogens with zero attached hydrogens (tertiary/aromatic N) is 6. The number of carbonyl (C=O) groups is 1. The molecule has 0 spiro atoms. The Labute approximate surface area is 155 Å². The van der Waals surface area contributed by atoms with Crippen molar-refractivity contribution in [1.29, 1.82) is 0 Å². The smallest absolute Gasteiger partial charge is 0.273 e. The van der Waals surface area contributed by atoms with E-state index in [4.69, 9.17) is 0 Å². The fourth-order valence-corrected chi connectivity index (χ4v) is 3.70. The van der Waals surface area contributed by atoms with Gasteiger partial charge in [-0.2, -0.15) is 0 Å². The van der Waals surface area contributed by atoms with E-state index in [9.17, 15) is 4.79 Å². The first-order valence-electron chi connectivity index (χ1n) is 8.75. The Morgan fingerprint density at radius 3 is 3.00 bits per heavy atom. The monoisotopic (exact) mass is 374 g/mol. The Bertz CT molecular complexity index is 849. The third-order valence-corrected chi connectivity index (χ3v) is 5.30. The first-order chi connectivity index (χ1) is 12.7. The predicted molar refractivity (Wildman–Crippen MR) is 98.3 cm³/mol. The standard InChI is InChI=1S/C16H22N8OS/c1-12(13-10-23-8-9-26-16(23)19-13)18-15(25)14-11-24(21-20-14)7-6-22-4-2-17-3-5-22/h8-12,17H,2-7H2,1H3,(H,18,25)/t12-/m1/s1. The van der Waals surface area contributed by atoms with Crippen molar-refractivity contribution in [3.8, 4) is 0 Å². The molecule has 3 aromatic rings. The largest absolute Gasteiger partial charge is 0.342 e. The van der Waals surface area contributed by atoms with Gasteiger partial charge < -0.3 is 10.6 Å². The van der Waals surface area contributed by atoms with Crippen molar-refractivity contribution < 1.29 is 4.79 Å². The van der Waals surface area contributed by atoms with E-state index in [2.05, 4.69) is 30.8 Å². The maximum absolute atomic E-state index is 12.4. The number of aromatic nitrogens is 5. The molecule has 1 atom stereocenters. The normalized spacial score (nSPS) is 16.8. The molecule has 0 aromatic carbocycles. The molecule has 0 radical (unpaired) electrons. The maximum atomic E-state index is 12.4. The van der Waals surface area contributed by atoms with Gasteiger partial charge in [0.2, 0.25) is 0 Å². The van der Waals surface area contributed by atoms with Gasteiger partial charge in [-0.1, -0.05) is 5.21 Å². The molecule has 26 heavy (non-hydrogen) atoms. The van der Waals surface area contributed by atoms with Crippen LogP contribution in [0.4, 0.5) is 0 Å². The number of imidazole rings is 1. The van der Waals surface area contributed by atoms with Crippen LogP contribution in [0.5, 0.6) is 0 Å². The molecule has 1 amide bonds. The second-order valence-corrected chi connectivity index (χ2v) is 7.29. The molecule has 10 heteroatoms. The summed E-state index contributed by atoms with van der Waals surface area (Å²) < 4.78 is 3.68. The highest BCUT2D eigenvalue weighted by Crippen LogP contribution is 2.16. The second kappa shape index (κ2) is 7.52. The van der Waals surface area contributed by atoms with Gasteiger partial charge in [0.25, 0.3) is 5.91 Å². The van der Waals surface area contributed by atoms with Gasteiger partial charge in [-0.25, -0.2) is 4.98 Å². The van der Waals surface area contributed by atoms with Crippen molar-refractivity contribution in [2.24, 2.45) is 0 Å². The summed E-state index contributed by atoms with van der Waals surface area (Å²) in [7, 11) is 0. The van der Waals surface area contributed by atoms with E-state index in [1.165, 1.54) is 0 Å². The van der Waals surface area contributed by atoms with Crippen molar-refractivity contribution in [2.75, 3.05) is 32.7 Å². The lowest BCUT2D eigenvalue weighted by Crippen LogP contribution is -2.44. The molecule has 1 aliphatic heterocycles. The van der Waals surface area contributed by atoms with Crippen molar-refractivity contribution in [3.63, 3.8) is 0 Å². The van der Waals surface area contributed by atoms with Gasteiger partial charge in [0.1, 0.15) is 0 Å². The van der Waals surface area contributed by atoms with E-state index < -0.39 is 0 Å². The van der Waals surface area contributed by atoms with Gasteiger partial charge >= 0.3 is 0 Å². The first kappa shape index (κ1) is 17.1. The summed E-state index contributed by atoms with van der Waals surface area (Å²) >= 11 is 1.57. The number of nitrogens with one attached hydrogen (secondary N) is 2. The van der Waals surface area contributed by atoms with Crippen molar-refractivity contribution >= 4 is 22.2 Å². The average Bonchev–Trinajstić information content (AvgIpc) is 3.36. The molecule has 4 rings (SSSR count). The Kier molecular flexibility index (Phi) is 4.96. The number of piperazine rings is 1. The zero-order valence-corrected chi connectivity index (χ0v) is 15.4. The Hall–Kier alpha value is -2.30. The van der Waals surface area contributed by atoms with Gasteiger partial charge in [0.15, 0.2) is 10.7 Å². The van der Waals surface area contributed by atoms with E-state index in [0.717, 1.165) is 49.9 Å². The first-order valence-corrected chi connectivity index (χ1v) is 9.63. The Morgan fingerprint density at radius 1 is 1.35 bits per heavy atom. The minimum absolute atomic E-state index is 0.194. The van der Waals surface area contributed by atoms with E-state index in [0.29, 0.717) is 5.69 Å². The molecular weight excluding hydrogens is 352 g/mol. The van der Waals surface area contributed by atoms with Crippen molar-refractivity contribution in [2.45, 2.75) is 19.5 Å². The van der Waals surface area contributed by atoms with Crippen LogP contribution < -0.4 is 10.6 Å². The molecule has 0 aliphatic carbocycles. The van der Waals surface area contributed by atoms with Gasteiger partial charge in [-0.3, -0.25) is 18.8 Å². The lowest BCUT2D eigenvalue weighted by molar-refractivity contribution is 0.0934. The maximum Gasteiger partial charge on any atom is 0.273 e. The fourth-order valence-electron chi connectivity index (χ4n) is 2.99. The highest BCUT2D eigenvalue weighted by molar-refractivity contribution is 7.15. The number of fused-ring (bicyclic) bond motifs is 1. The summed E-state index contributed by atoms with van der Waals surface area (Å²) in [6.07, 6.45) is 5.59. The molecule has 1 saturated heterocycles. The molecule has 1 aliphatic rings. The average molecular weight is 374 g/mol. The molecule has 0 unspecified atom stereocenters. The molecule has 9 nitrogen and oxygen atoms in total. The highest BCUT2D eigenvalue weighted by atomic mass is 32.1. The zero-order chi connectivity index (χ0) is 17.9. The highest BCUT2D eigenvalue weighted by Gasteiger charge is 2.17. The van der Waals surface area contributed by atoms with E-state index in [1.54, 1.807) is 22.2 Å². The molecule has 1 fully saturated rings. The van der Waals surface area contributed by atoms with Gasteiger partial charge in [-0.15, -0.1) is 16.4 Å². The lowest BCUT2D eigenvalue weighted by atomic mass is 10.2. The van der Waals surface area contributed by atoms with Gasteiger partial charge in [0, 0.05) is 50.5 Å². The van der Waals surface area contributed by atoms with Crippen molar-refractivity contribution in [3.05, 3.63) is 35.4 Å². The number of amides is 1. The van der Waals surface area contributed by atoms with Crippen LogP contribution in [0.2, 0.25) is 0 Å². The molecule has 4 heterocycles. The number of rotatable bonds is 6. The number of thiazole rings is 1. The summed E-state index contributed by atoms with van der Waals surface area (Å²) in [4.78, 5) is 20.2. The minimum Gasteiger partial charge on any atom is -0.342 e. The van der Waals surface area contributed by atoms with Crippen LogP contribution in [0.15, 0.2) is 24.0 Å². The predicted octanol–water partition coefficient (Wildman–Crippen LogP) is 0.384. The Morgan fingerprint density at radius 2 is 2.19 bits per heavy atom. The fraction of sp³-hybridized carbons (Fsp3) is 0.500. The third-order valence-electron chi connectivity index (χ3n) is 4.53. The summed E-state index contributed by atoms with van der Waals surface area (Å²) in [5.74, 6) is -0.234.